The fraction of sp³-hybridized carbons (Fsp3) is 0.188. The highest BCUT2D eigenvalue weighted by molar-refractivity contribution is 7.89. The maximum atomic E-state index is 13.1. The predicted molar refractivity (Wildman–Crippen MR) is 84.5 cm³/mol. The molecule has 0 atom stereocenters. The van der Waals surface area contributed by atoms with Crippen LogP contribution in [-0.4, -0.2) is 20.9 Å². The van der Waals surface area contributed by atoms with Crippen LogP contribution in [0, 0.1) is 11.6 Å². The number of carbonyl (C=O) groups excluding carboxylic acids is 1. The van der Waals surface area contributed by atoms with Crippen molar-refractivity contribution in [2.45, 2.75) is 17.9 Å². The van der Waals surface area contributed by atoms with Crippen LogP contribution in [0.2, 0.25) is 0 Å². The zero-order valence-corrected chi connectivity index (χ0v) is 13.4. The third kappa shape index (κ3) is 5.39. The lowest BCUT2D eigenvalue weighted by Crippen LogP contribution is -2.30. The SMILES string of the molecule is O=C(CCNS(=O)(=O)c1cc(F)cc(F)c1)NCc1ccccc1. The molecule has 0 aromatic heterocycles. The zero-order chi connectivity index (χ0) is 17.6. The smallest absolute Gasteiger partial charge is 0.240 e. The summed E-state index contributed by atoms with van der Waals surface area (Å²) in [5, 5.41) is 2.65. The molecule has 0 aliphatic rings. The largest absolute Gasteiger partial charge is 0.352 e. The maximum absolute atomic E-state index is 13.1. The van der Waals surface area contributed by atoms with E-state index in [2.05, 4.69) is 10.0 Å². The average molecular weight is 354 g/mol. The molecule has 2 rings (SSSR count). The van der Waals surface area contributed by atoms with E-state index in [1.165, 1.54) is 0 Å². The van der Waals surface area contributed by atoms with E-state index in [-0.39, 0.29) is 18.9 Å². The normalized spacial score (nSPS) is 11.2. The fourth-order valence-electron chi connectivity index (χ4n) is 1.95. The molecule has 0 radical (unpaired) electrons. The molecular formula is C16H16F2N2O3S. The summed E-state index contributed by atoms with van der Waals surface area (Å²) in [5.74, 6) is -2.32. The third-order valence-corrected chi connectivity index (χ3v) is 4.56. The predicted octanol–water partition coefficient (Wildman–Crippen LogP) is 1.95. The fourth-order valence-corrected chi connectivity index (χ4v) is 3.02. The second kappa shape index (κ2) is 7.98. The van der Waals surface area contributed by atoms with Crippen LogP contribution in [0.15, 0.2) is 53.4 Å². The summed E-state index contributed by atoms with van der Waals surface area (Å²) in [7, 11) is -4.08. The summed E-state index contributed by atoms with van der Waals surface area (Å²) in [4.78, 5) is 11.2. The molecule has 0 aliphatic heterocycles. The highest BCUT2D eigenvalue weighted by atomic mass is 32.2. The van der Waals surface area contributed by atoms with E-state index in [1.54, 1.807) is 0 Å². The van der Waals surface area contributed by atoms with Crippen LogP contribution in [0.1, 0.15) is 12.0 Å². The van der Waals surface area contributed by atoms with Gasteiger partial charge in [0.05, 0.1) is 4.90 Å². The van der Waals surface area contributed by atoms with Gasteiger partial charge in [-0.15, -0.1) is 0 Å². The van der Waals surface area contributed by atoms with E-state index in [0.29, 0.717) is 24.7 Å². The van der Waals surface area contributed by atoms with Crippen molar-refractivity contribution in [2.24, 2.45) is 0 Å². The third-order valence-electron chi connectivity index (χ3n) is 3.12. The standard InChI is InChI=1S/C16H16F2N2O3S/c17-13-8-14(18)10-15(9-13)24(22,23)20-7-6-16(21)19-11-12-4-2-1-3-5-12/h1-5,8-10,20H,6-7,11H2,(H,19,21). The van der Waals surface area contributed by atoms with E-state index >= 15 is 0 Å². The Morgan fingerprint density at radius 3 is 2.25 bits per heavy atom. The quantitative estimate of drug-likeness (QED) is 0.798. The molecule has 0 heterocycles. The van der Waals surface area contributed by atoms with Crippen molar-refractivity contribution in [3.63, 3.8) is 0 Å². The number of hydrogen-bond acceptors (Lipinski definition) is 3. The second-order valence-corrected chi connectivity index (χ2v) is 6.78. The highest BCUT2D eigenvalue weighted by Crippen LogP contribution is 2.13. The Labute approximate surface area is 138 Å². The monoisotopic (exact) mass is 354 g/mol. The molecule has 0 bridgehead atoms. The van der Waals surface area contributed by atoms with Crippen molar-refractivity contribution >= 4 is 15.9 Å². The molecule has 5 nitrogen and oxygen atoms in total. The molecule has 8 heteroatoms. The molecule has 1 amide bonds. The van der Waals surface area contributed by atoms with Gasteiger partial charge in [-0.2, -0.15) is 0 Å². The minimum absolute atomic E-state index is 0.0934. The van der Waals surface area contributed by atoms with Gasteiger partial charge < -0.3 is 5.32 Å². The van der Waals surface area contributed by atoms with E-state index < -0.39 is 26.6 Å². The first-order chi connectivity index (χ1) is 11.4. The number of carbonyl (C=O) groups is 1. The van der Waals surface area contributed by atoms with E-state index in [9.17, 15) is 22.0 Å². The molecule has 24 heavy (non-hydrogen) atoms. The van der Waals surface area contributed by atoms with Gasteiger partial charge in [0, 0.05) is 25.6 Å². The van der Waals surface area contributed by atoms with Crippen LogP contribution in [0.5, 0.6) is 0 Å². The number of sulfonamides is 1. The van der Waals surface area contributed by atoms with E-state index in [4.69, 9.17) is 0 Å². The molecule has 0 saturated heterocycles. The average Bonchev–Trinajstić information content (AvgIpc) is 2.53. The van der Waals surface area contributed by atoms with Crippen LogP contribution in [0.4, 0.5) is 8.78 Å². The molecule has 0 saturated carbocycles. The molecule has 0 aliphatic carbocycles. The van der Waals surface area contributed by atoms with Crippen LogP contribution >= 0.6 is 0 Å². The summed E-state index contributed by atoms with van der Waals surface area (Å²) in [6, 6.07) is 11.2. The summed E-state index contributed by atoms with van der Waals surface area (Å²) in [6.07, 6.45) is -0.0934. The van der Waals surface area contributed by atoms with Crippen LogP contribution in [-0.2, 0) is 21.4 Å². The first-order valence-corrected chi connectivity index (χ1v) is 8.61. The second-order valence-electron chi connectivity index (χ2n) is 5.02. The first-order valence-electron chi connectivity index (χ1n) is 7.13. The van der Waals surface area contributed by atoms with Crippen LogP contribution < -0.4 is 10.0 Å². The number of halogens is 2. The van der Waals surface area contributed by atoms with Crippen molar-refractivity contribution < 1.29 is 22.0 Å². The zero-order valence-electron chi connectivity index (χ0n) is 12.6. The van der Waals surface area contributed by atoms with E-state index in [0.717, 1.165) is 5.56 Å². The Morgan fingerprint density at radius 2 is 1.62 bits per heavy atom. The van der Waals surface area contributed by atoms with Crippen molar-refractivity contribution in [1.82, 2.24) is 10.0 Å². The summed E-state index contributed by atoms with van der Waals surface area (Å²) < 4.78 is 52.1. The van der Waals surface area contributed by atoms with Crippen molar-refractivity contribution in [3.05, 3.63) is 65.7 Å². The Kier molecular flexibility index (Phi) is 5.99. The minimum Gasteiger partial charge on any atom is -0.352 e. The number of nitrogens with one attached hydrogen (secondary N) is 2. The van der Waals surface area contributed by atoms with Gasteiger partial charge in [0.1, 0.15) is 11.6 Å². The van der Waals surface area contributed by atoms with Gasteiger partial charge >= 0.3 is 0 Å². The molecule has 2 aromatic rings. The Balaban J connectivity index is 1.83. The van der Waals surface area contributed by atoms with Gasteiger partial charge in [0.2, 0.25) is 15.9 Å². The summed E-state index contributed by atoms with van der Waals surface area (Å²) in [6.45, 7) is 0.155. The number of amides is 1. The van der Waals surface area contributed by atoms with Crippen molar-refractivity contribution in [1.29, 1.82) is 0 Å². The molecule has 2 N–H and O–H groups in total. The summed E-state index contributed by atoms with van der Waals surface area (Å²) >= 11 is 0. The van der Waals surface area contributed by atoms with Crippen LogP contribution in [0.25, 0.3) is 0 Å². The lowest BCUT2D eigenvalue weighted by molar-refractivity contribution is -0.121. The van der Waals surface area contributed by atoms with Gasteiger partial charge in [-0.1, -0.05) is 30.3 Å². The maximum Gasteiger partial charge on any atom is 0.240 e. The molecule has 0 spiro atoms. The first kappa shape index (κ1) is 18.0. The Hall–Kier alpha value is -2.32. The number of benzene rings is 2. The summed E-state index contributed by atoms with van der Waals surface area (Å²) in [5.41, 5.74) is 0.918. The topological polar surface area (TPSA) is 75.3 Å². The highest BCUT2D eigenvalue weighted by Gasteiger charge is 2.16. The van der Waals surface area contributed by atoms with E-state index in [1.807, 2.05) is 30.3 Å². The lowest BCUT2D eigenvalue weighted by Gasteiger charge is -2.08. The molecule has 0 fully saturated rings. The van der Waals surface area contributed by atoms with Gasteiger partial charge in [0.15, 0.2) is 0 Å². The Bertz CT molecular complexity index is 791. The van der Waals surface area contributed by atoms with Gasteiger partial charge in [-0.3, -0.25) is 4.79 Å². The molecule has 2 aromatic carbocycles. The van der Waals surface area contributed by atoms with Gasteiger partial charge in [0.25, 0.3) is 0 Å². The Morgan fingerprint density at radius 1 is 1.00 bits per heavy atom. The number of hydrogen-bond donors (Lipinski definition) is 2. The van der Waals surface area contributed by atoms with Crippen molar-refractivity contribution in [3.8, 4) is 0 Å². The van der Waals surface area contributed by atoms with Gasteiger partial charge in [-0.05, 0) is 17.7 Å². The lowest BCUT2D eigenvalue weighted by atomic mass is 10.2. The minimum atomic E-state index is -4.08. The van der Waals surface area contributed by atoms with Gasteiger partial charge in [-0.25, -0.2) is 21.9 Å². The molecule has 0 unspecified atom stereocenters. The molecule has 128 valence electrons. The van der Waals surface area contributed by atoms with Crippen molar-refractivity contribution in [2.75, 3.05) is 6.54 Å². The molecular weight excluding hydrogens is 338 g/mol. The van der Waals surface area contributed by atoms with Crippen LogP contribution in [0.3, 0.4) is 0 Å². The number of rotatable bonds is 7.